The van der Waals surface area contributed by atoms with E-state index in [1.807, 2.05) is 20.8 Å². The summed E-state index contributed by atoms with van der Waals surface area (Å²) >= 11 is 0. The zero-order valence-corrected chi connectivity index (χ0v) is 20.1. The molecule has 1 saturated heterocycles. The molecular formula is C24H32FN5O4. The van der Waals surface area contributed by atoms with E-state index in [0.717, 1.165) is 0 Å². The number of aromatic nitrogens is 2. The molecule has 0 radical (unpaired) electrons. The van der Waals surface area contributed by atoms with Gasteiger partial charge in [-0.25, -0.2) is 9.37 Å². The predicted molar refractivity (Wildman–Crippen MR) is 123 cm³/mol. The minimum absolute atomic E-state index is 0.0963. The van der Waals surface area contributed by atoms with Gasteiger partial charge in [-0.15, -0.1) is 0 Å². The lowest BCUT2D eigenvalue weighted by Crippen LogP contribution is -2.54. The SMILES string of the molecule is CC(=O)N[C@H](C(=O)N1C[C@H](O)C[C@H]1c1ncc(C(=O)N(C)Cc2cccc(F)c2)[nH]1)C(C)(C)C. The first kappa shape index (κ1) is 25.4. The molecule has 0 spiro atoms. The van der Waals surface area contributed by atoms with E-state index in [0.29, 0.717) is 11.4 Å². The molecule has 9 nitrogen and oxygen atoms in total. The van der Waals surface area contributed by atoms with E-state index in [9.17, 15) is 23.9 Å². The highest BCUT2D eigenvalue weighted by atomic mass is 19.1. The monoisotopic (exact) mass is 473 g/mol. The van der Waals surface area contributed by atoms with Gasteiger partial charge in [0.25, 0.3) is 5.91 Å². The smallest absolute Gasteiger partial charge is 0.271 e. The number of H-pyrrole nitrogens is 1. The van der Waals surface area contributed by atoms with Crippen molar-refractivity contribution in [2.45, 2.75) is 58.8 Å². The number of nitrogens with zero attached hydrogens (tertiary/aromatic N) is 3. The molecule has 3 N–H and O–H groups in total. The summed E-state index contributed by atoms with van der Waals surface area (Å²) in [4.78, 5) is 48.2. The van der Waals surface area contributed by atoms with E-state index in [-0.39, 0.29) is 48.7 Å². The second-order valence-corrected chi connectivity index (χ2v) is 9.87. The molecular weight excluding hydrogens is 441 g/mol. The maximum Gasteiger partial charge on any atom is 0.271 e. The molecule has 3 amide bonds. The Bertz CT molecular complexity index is 1060. The molecule has 3 rings (SSSR count). The molecule has 0 aliphatic carbocycles. The van der Waals surface area contributed by atoms with Crippen molar-refractivity contribution < 1.29 is 23.9 Å². The van der Waals surface area contributed by atoms with Crippen LogP contribution in [0.1, 0.15) is 62.0 Å². The van der Waals surface area contributed by atoms with Crippen molar-refractivity contribution in [3.63, 3.8) is 0 Å². The topological polar surface area (TPSA) is 119 Å². The highest BCUT2D eigenvalue weighted by molar-refractivity contribution is 5.92. The van der Waals surface area contributed by atoms with Crippen LogP contribution in [-0.2, 0) is 16.1 Å². The molecule has 1 aromatic carbocycles. The molecule has 1 aromatic heterocycles. The molecule has 34 heavy (non-hydrogen) atoms. The first-order chi connectivity index (χ1) is 15.9. The van der Waals surface area contributed by atoms with Crippen LogP contribution in [0.4, 0.5) is 4.39 Å². The highest BCUT2D eigenvalue weighted by Crippen LogP contribution is 2.33. The van der Waals surface area contributed by atoms with Gasteiger partial charge >= 0.3 is 0 Å². The maximum absolute atomic E-state index is 13.5. The van der Waals surface area contributed by atoms with Gasteiger partial charge in [0.1, 0.15) is 23.4 Å². The average Bonchev–Trinajstić information content (AvgIpc) is 3.36. The summed E-state index contributed by atoms with van der Waals surface area (Å²) in [7, 11) is 1.60. The van der Waals surface area contributed by atoms with Crippen molar-refractivity contribution in [1.29, 1.82) is 0 Å². The number of aliphatic hydroxyl groups is 1. The van der Waals surface area contributed by atoms with Crippen LogP contribution in [0.5, 0.6) is 0 Å². The van der Waals surface area contributed by atoms with E-state index in [4.69, 9.17) is 0 Å². The maximum atomic E-state index is 13.5. The molecule has 1 aliphatic heterocycles. The number of β-amino-alcohol motifs (C(OH)–C–C–N with tert-alkyl or cyclic N) is 1. The first-order valence-corrected chi connectivity index (χ1v) is 11.2. The van der Waals surface area contributed by atoms with E-state index >= 15 is 0 Å². The number of aromatic amines is 1. The Morgan fingerprint density at radius 3 is 2.68 bits per heavy atom. The zero-order chi connectivity index (χ0) is 25.2. The molecule has 2 heterocycles. The summed E-state index contributed by atoms with van der Waals surface area (Å²) in [6.07, 6.45) is 0.886. The Labute approximate surface area is 198 Å². The van der Waals surface area contributed by atoms with Crippen molar-refractivity contribution in [1.82, 2.24) is 25.1 Å². The molecule has 0 bridgehead atoms. The van der Waals surface area contributed by atoms with Crippen LogP contribution in [0.2, 0.25) is 0 Å². The van der Waals surface area contributed by atoms with Crippen molar-refractivity contribution in [2.75, 3.05) is 13.6 Å². The number of imidazole rings is 1. The second kappa shape index (κ2) is 9.92. The fourth-order valence-electron chi connectivity index (χ4n) is 4.14. The summed E-state index contributed by atoms with van der Waals surface area (Å²) in [5.41, 5.74) is 0.319. The number of amides is 3. The van der Waals surface area contributed by atoms with Gasteiger partial charge in [-0.3, -0.25) is 14.4 Å². The largest absolute Gasteiger partial charge is 0.391 e. The molecule has 1 aliphatic rings. The van der Waals surface area contributed by atoms with Gasteiger partial charge in [-0.2, -0.15) is 0 Å². The summed E-state index contributed by atoms with van der Waals surface area (Å²) in [6.45, 7) is 7.22. The Morgan fingerprint density at radius 1 is 1.35 bits per heavy atom. The lowest BCUT2D eigenvalue weighted by molar-refractivity contribution is -0.140. The van der Waals surface area contributed by atoms with Crippen LogP contribution < -0.4 is 5.32 Å². The number of hydrogen-bond donors (Lipinski definition) is 3. The van der Waals surface area contributed by atoms with Gasteiger partial charge in [0.2, 0.25) is 11.8 Å². The number of benzene rings is 1. The van der Waals surface area contributed by atoms with E-state index < -0.39 is 23.6 Å². The van der Waals surface area contributed by atoms with Crippen LogP contribution in [0.3, 0.4) is 0 Å². The number of aliphatic hydroxyl groups excluding tert-OH is 1. The third-order valence-electron chi connectivity index (χ3n) is 5.82. The standard InChI is InChI=1S/C24H32FN5O4/c1-14(31)27-20(24(2,3)4)23(34)30-13-17(32)10-19(30)21-26-11-18(28-21)22(33)29(5)12-15-7-6-8-16(25)9-15/h6-9,11,17,19-20,32H,10,12-13H2,1-5H3,(H,26,28)(H,27,31)/t17-,19+,20-/m1/s1. The molecule has 1 fully saturated rings. The van der Waals surface area contributed by atoms with Crippen LogP contribution in [0.15, 0.2) is 30.5 Å². The van der Waals surface area contributed by atoms with Crippen molar-refractivity contribution in [3.05, 3.63) is 53.4 Å². The average molecular weight is 474 g/mol. The normalized spacial score (nSPS) is 19.1. The second-order valence-electron chi connectivity index (χ2n) is 9.87. The number of likely N-dealkylation sites (tertiary alicyclic amines) is 1. The summed E-state index contributed by atoms with van der Waals surface area (Å²) in [5, 5.41) is 13.0. The van der Waals surface area contributed by atoms with Gasteiger partial charge in [-0.05, 0) is 23.1 Å². The Kier molecular flexibility index (Phi) is 7.40. The Balaban J connectivity index is 1.78. The van der Waals surface area contributed by atoms with Crippen molar-refractivity contribution in [3.8, 4) is 0 Å². The molecule has 0 unspecified atom stereocenters. The third-order valence-corrected chi connectivity index (χ3v) is 5.82. The minimum Gasteiger partial charge on any atom is -0.391 e. The fourth-order valence-corrected chi connectivity index (χ4v) is 4.14. The Morgan fingerprint density at radius 2 is 2.06 bits per heavy atom. The number of nitrogens with one attached hydrogen (secondary N) is 2. The lowest BCUT2D eigenvalue weighted by Gasteiger charge is -2.35. The van der Waals surface area contributed by atoms with Gasteiger partial charge in [0.05, 0.1) is 18.3 Å². The zero-order valence-electron chi connectivity index (χ0n) is 20.1. The third kappa shape index (κ3) is 5.80. The van der Waals surface area contributed by atoms with Crippen molar-refractivity contribution in [2.24, 2.45) is 5.41 Å². The van der Waals surface area contributed by atoms with Crippen LogP contribution >= 0.6 is 0 Å². The quantitative estimate of drug-likeness (QED) is 0.593. The van der Waals surface area contributed by atoms with E-state index in [1.165, 1.54) is 35.1 Å². The molecule has 184 valence electrons. The Hall–Kier alpha value is -3.27. The summed E-state index contributed by atoms with van der Waals surface area (Å²) in [5.74, 6) is -0.985. The van der Waals surface area contributed by atoms with E-state index in [2.05, 4.69) is 15.3 Å². The summed E-state index contributed by atoms with van der Waals surface area (Å²) < 4.78 is 13.5. The molecule has 10 heteroatoms. The predicted octanol–water partition coefficient (Wildman–Crippen LogP) is 2.01. The van der Waals surface area contributed by atoms with Crippen LogP contribution in [0, 0.1) is 11.2 Å². The lowest BCUT2D eigenvalue weighted by atomic mass is 9.85. The van der Waals surface area contributed by atoms with E-state index in [1.54, 1.807) is 19.2 Å². The van der Waals surface area contributed by atoms with Gasteiger partial charge < -0.3 is 25.2 Å². The number of hydrogen-bond acceptors (Lipinski definition) is 5. The molecule has 3 atom stereocenters. The highest BCUT2D eigenvalue weighted by Gasteiger charge is 2.43. The van der Waals surface area contributed by atoms with Crippen LogP contribution in [0.25, 0.3) is 0 Å². The molecule has 0 saturated carbocycles. The minimum atomic E-state index is -0.786. The number of halogens is 1. The number of carbonyl (C=O) groups excluding carboxylic acids is 3. The van der Waals surface area contributed by atoms with Crippen molar-refractivity contribution >= 4 is 17.7 Å². The van der Waals surface area contributed by atoms with Crippen LogP contribution in [-0.4, -0.2) is 68.3 Å². The molecule has 2 aromatic rings. The first-order valence-electron chi connectivity index (χ1n) is 11.2. The van der Waals surface area contributed by atoms with Gasteiger partial charge in [0.15, 0.2) is 0 Å². The summed E-state index contributed by atoms with van der Waals surface area (Å²) in [6, 6.07) is 4.66. The number of rotatable bonds is 6. The number of carbonyl (C=O) groups is 3. The fraction of sp³-hybridized carbons (Fsp3) is 0.500. The van der Waals surface area contributed by atoms with Gasteiger partial charge in [-0.1, -0.05) is 32.9 Å². The van der Waals surface area contributed by atoms with Gasteiger partial charge in [0, 0.05) is 33.5 Å².